The first kappa shape index (κ1) is 33.3. The first-order valence-corrected chi connectivity index (χ1v) is 17.8. The van der Waals surface area contributed by atoms with Gasteiger partial charge >= 0.3 is 17.9 Å². The number of esters is 3. The summed E-state index contributed by atoms with van der Waals surface area (Å²) in [6.07, 6.45) is 9.40. The van der Waals surface area contributed by atoms with Crippen LogP contribution < -0.4 is 0 Å². The number of methoxy groups -OCH3 is 1. The topological polar surface area (TPSA) is 78.9 Å². The normalized spacial score (nSPS) is 42.3. The number of allylic oxidation sites excluding steroid dienone is 1. The molecule has 0 unspecified atom stereocenters. The van der Waals surface area contributed by atoms with E-state index in [1.54, 1.807) is 7.11 Å². The maximum Gasteiger partial charge on any atom is 0.338 e. The van der Waals surface area contributed by atoms with E-state index >= 15 is 0 Å². The van der Waals surface area contributed by atoms with Gasteiger partial charge in [-0.15, -0.1) is 0 Å². The van der Waals surface area contributed by atoms with Gasteiger partial charge in [0.2, 0.25) is 0 Å². The lowest BCUT2D eigenvalue weighted by molar-refractivity contribution is -0.263. The van der Waals surface area contributed by atoms with Gasteiger partial charge in [-0.2, -0.15) is 0 Å². The molecule has 0 spiro atoms. The summed E-state index contributed by atoms with van der Waals surface area (Å²) >= 11 is 0. The molecular formula is C40H56O6. The molecule has 6 heteroatoms. The van der Waals surface area contributed by atoms with Crippen molar-refractivity contribution < 1.29 is 28.6 Å². The Labute approximate surface area is 276 Å². The lowest BCUT2D eigenvalue weighted by Crippen LogP contribution is -2.69. The van der Waals surface area contributed by atoms with Crippen LogP contribution in [0.2, 0.25) is 0 Å². The van der Waals surface area contributed by atoms with Crippen molar-refractivity contribution in [1.82, 2.24) is 0 Å². The monoisotopic (exact) mass is 632 g/mol. The highest BCUT2D eigenvalue weighted by Gasteiger charge is 2.74. The quantitative estimate of drug-likeness (QED) is 0.178. The largest absolute Gasteiger partial charge is 0.469 e. The molecule has 0 heterocycles. The maximum atomic E-state index is 13.8. The Balaban J connectivity index is 1.44. The molecule has 6 rings (SSSR count). The number of ether oxygens (including phenoxy) is 3. The first-order valence-electron chi connectivity index (χ1n) is 17.8. The molecule has 5 aliphatic carbocycles. The lowest BCUT2D eigenvalue weighted by Gasteiger charge is -2.73. The van der Waals surface area contributed by atoms with Gasteiger partial charge in [-0.1, -0.05) is 58.0 Å². The fourth-order valence-corrected chi connectivity index (χ4v) is 13.1. The van der Waals surface area contributed by atoms with Gasteiger partial charge in [-0.25, -0.2) is 4.79 Å². The van der Waals surface area contributed by atoms with Crippen molar-refractivity contribution in [3.63, 3.8) is 0 Å². The molecule has 0 saturated heterocycles. The molecule has 0 amide bonds. The number of hydrogen-bond acceptors (Lipinski definition) is 6. The molecule has 5 fully saturated rings. The minimum absolute atomic E-state index is 0.0644. The fraction of sp³-hybridized carbons (Fsp3) is 0.725. The zero-order valence-corrected chi connectivity index (χ0v) is 29.3. The summed E-state index contributed by atoms with van der Waals surface area (Å²) in [5.74, 6) is 0.920. The van der Waals surface area contributed by atoms with Gasteiger partial charge in [0, 0.05) is 17.8 Å². The van der Waals surface area contributed by atoms with Crippen LogP contribution in [0.3, 0.4) is 0 Å². The van der Waals surface area contributed by atoms with E-state index in [0.717, 1.165) is 69.8 Å². The highest BCUT2D eigenvalue weighted by Crippen LogP contribution is 2.78. The van der Waals surface area contributed by atoms with E-state index in [-0.39, 0.29) is 63.4 Å². The van der Waals surface area contributed by atoms with E-state index in [1.165, 1.54) is 6.92 Å². The third-order valence-corrected chi connectivity index (χ3v) is 15.0. The van der Waals surface area contributed by atoms with Crippen molar-refractivity contribution in [2.45, 2.75) is 112 Å². The van der Waals surface area contributed by atoms with Crippen LogP contribution in [0.15, 0.2) is 42.5 Å². The zero-order valence-electron chi connectivity index (χ0n) is 29.3. The van der Waals surface area contributed by atoms with Crippen molar-refractivity contribution in [3.8, 4) is 0 Å². The van der Waals surface area contributed by atoms with Crippen molar-refractivity contribution in [2.75, 3.05) is 13.7 Å². The molecule has 5 saturated carbocycles. The van der Waals surface area contributed by atoms with Crippen molar-refractivity contribution in [2.24, 2.45) is 56.7 Å². The van der Waals surface area contributed by atoms with Crippen molar-refractivity contribution in [3.05, 3.63) is 48.0 Å². The van der Waals surface area contributed by atoms with Gasteiger partial charge in [0.15, 0.2) is 0 Å². The Kier molecular flexibility index (Phi) is 8.33. The van der Waals surface area contributed by atoms with Crippen molar-refractivity contribution in [1.29, 1.82) is 0 Å². The number of carbonyl (C=O) groups is 3. The Bertz CT molecular complexity index is 1380. The lowest BCUT2D eigenvalue weighted by atomic mass is 9.32. The molecule has 5 aliphatic rings. The Morgan fingerprint density at radius 2 is 1.57 bits per heavy atom. The van der Waals surface area contributed by atoms with Crippen LogP contribution in [0.1, 0.15) is 116 Å². The van der Waals surface area contributed by atoms with Gasteiger partial charge in [-0.05, 0) is 124 Å². The molecule has 0 aromatic heterocycles. The highest BCUT2D eigenvalue weighted by molar-refractivity contribution is 5.89. The Hall–Kier alpha value is -2.63. The number of fused-ring (bicyclic) bond motifs is 7. The molecule has 46 heavy (non-hydrogen) atoms. The molecule has 0 aliphatic heterocycles. The third kappa shape index (κ3) is 4.65. The molecule has 252 valence electrons. The summed E-state index contributed by atoms with van der Waals surface area (Å²) in [6, 6.07) is 9.34. The molecular weight excluding hydrogens is 576 g/mol. The predicted octanol–water partition coefficient (Wildman–Crippen LogP) is 8.59. The minimum atomic E-state index is -0.510. The summed E-state index contributed by atoms with van der Waals surface area (Å²) in [5, 5.41) is 0. The zero-order chi connectivity index (χ0) is 33.3. The summed E-state index contributed by atoms with van der Waals surface area (Å²) in [4.78, 5) is 39.5. The van der Waals surface area contributed by atoms with Gasteiger partial charge in [-0.3, -0.25) is 9.59 Å². The molecule has 1 aromatic carbocycles. The summed E-state index contributed by atoms with van der Waals surface area (Å²) in [6.45, 7) is 18.1. The average Bonchev–Trinajstić information content (AvgIpc) is 3.42. The van der Waals surface area contributed by atoms with Gasteiger partial charge in [0.25, 0.3) is 0 Å². The SMILES string of the molecule is C=C(C)[C@@H]1CC[C@]2(C(=O)OC)CC[C@]3(COC(=O)c4ccccc4)[C@H](CC[C@@H]4[C@@]5(C)CC[C@H](OC(C)=O)C(C)(C)[C@@H]5CC[C@]43C)[C@H]12. The maximum absolute atomic E-state index is 13.8. The third-order valence-electron chi connectivity index (χ3n) is 15.0. The number of carbonyl (C=O) groups excluding carboxylic acids is 3. The van der Waals surface area contributed by atoms with E-state index in [4.69, 9.17) is 14.2 Å². The second-order valence-corrected chi connectivity index (χ2v) is 17.0. The molecule has 10 atom stereocenters. The molecule has 0 radical (unpaired) electrons. The van der Waals surface area contributed by atoms with Gasteiger partial charge in [0.05, 0.1) is 24.7 Å². The smallest absolute Gasteiger partial charge is 0.338 e. The van der Waals surface area contributed by atoms with Crippen LogP contribution in [0.4, 0.5) is 0 Å². The Morgan fingerprint density at radius 3 is 2.22 bits per heavy atom. The highest BCUT2D eigenvalue weighted by atomic mass is 16.5. The standard InChI is InChI=1S/C40H56O6/c1-25(2)28-16-21-39(35(43)44-8)22-23-40(24-45-34(42)27-12-10-9-11-13-27)29(33(28)39)14-15-31-37(6)19-18-32(46-26(3)41)36(4,5)30(37)17-20-38(31,40)7/h9-13,28-33H,1,14-24H2,2-8H3/t28-,29+,30-,31+,32-,33-,37-,38+,39-,40-/m0/s1. The molecule has 1 aromatic rings. The number of rotatable bonds is 6. The van der Waals surface area contributed by atoms with Crippen LogP contribution in [-0.2, 0) is 23.8 Å². The van der Waals surface area contributed by atoms with E-state index in [0.29, 0.717) is 24.0 Å². The van der Waals surface area contributed by atoms with Crippen LogP contribution in [0, 0.1) is 56.7 Å². The summed E-state index contributed by atoms with van der Waals surface area (Å²) in [7, 11) is 1.54. The predicted molar refractivity (Wildman–Crippen MR) is 178 cm³/mol. The second-order valence-electron chi connectivity index (χ2n) is 17.0. The Morgan fingerprint density at radius 1 is 0.848 bits per heavy atom. The fourth-order valence-electron chi connectivity index (χ4n) is 13.1. The average molecular weight is 633 g/mol. The van der Waals surface area contributed by atoms with Crippen LogP contribution in [-0.4, -0.2) is 37.7 Å². The second kappa shape index (κ2) is 11.5. The number of hydrogen-bond donors (Lipinski definition) is 0. The first-order chi connectivity index (χ1) is 21.7. The molecule has 0 N–H and O–H groups in total. The minimum Gasteiger partial charge on any atom is -0.469 e. The molecule has 6 nitrogen and oxygen atoms in total. The van der Waals surface area contributed by atoms with Crippen molar-refractivity contribution >= 4 is 17.9 Å². The van der Waals surface area contributed by atoms with Gasteiger partial charge in [0.1, 0.15) is 6.10 Å². The van der Waals surface area contributed by atoms with Crippen LogP contribution in [0.25, 0.3) is 0 Å². The van der Waals surface area contributed by atoms with Crippen LogP contribution >= 0.6 is 0 Å². The van der Waals surface area contributed by atoms with E-state index in [1.807, 2.05) is 30.3 Å². The van der Waals surface area contributed by atoms with Gasteiger partial charge < -0.3 is 14.2 Å². The van der Waals surface area contributed by atoms with E-state index in [2.05, 4.69) is 41.2 Å². The summed E-state index contributed by atoms with van der Waals surface area (Å²) < 4.78 is 18.0. The molecule has 0 bridgehead atoms. The van der Waals surface area contributed by atoms with E-state index < -0.39 is 5.41 Å². The van der Waals surface area contributed by atoms with E-state index in [9.17, 15) is 14.4 Å². The number of benzene rings is 1. The van der Waals surface area contributed by atoms with Crippen LogP contribution in [0.5, 0.6) is 0 Å². The summed E-state index contributed by atoms with van der Waals surface area (Å²) in [5.41, 5.74) is 0.792.